The molecule has 0 saturated heterocycles. The molecule has 0 heterocycles. The molecule has 0 fully saturated rings. The van der Waals surface area contributed by atoms with Crippen molar-refractivity contribution in [1.29, 1.82) is 0 Å². The van der Waals surface area contributed by atoms with Gasteiger partial charge in [-0.15, -0.1) is 0 Å². The van der Waals surface area contributed by atoms with Gasteiger partial charge >= 0.3 is 0 Å². The molecule has 0 bridgehead atoms. The van der Waals surface area contributed by atoms with Gasteiger partial charge in [-0.3, -0.25) is 14.9 Å². The van der Waals surface area contributed by atoms with E-state index >= 15 is 0 Å². The van der Waals surface area contributed by atoms with Crippen LogP contribution in [0, 0.1) is 10.1 Å². The summed E-state index contributed by atoms with van der Waals surface area (Å²) < 4.78 is 0. The molecule has 4 nitrogen and oxygen atoms in total. The van der Waals surface area contributed by atoms with Crippen LogP contribution in [-0.2, 0) is 4.79 Å². The fourth-order valence-electron chi connectivity index (χ4n) is 1.35. The summed E-state index contributed by atoms with van der Waals surface area (Å²) in [5, 5.41) is 10.3. The number of ketones is 1. The van der Waals surface area contributed by atoms with Gasteiger partial charge in [0, 0.05) is 31.1 Å². The number of carbonyl (C=O) groups is 1. The van der Waals surface area contributed by atoms with Crippen molar-refractivity contribution in [3.8, 4) is 0 Å². The number of Topliss-reactive ketones (excluding diaryl/α,β-unsaturated/α-hetero) is 1. The van der Waals surface area contributed by atoms with Gasteiger partial charge in [-0.25, -0.2) is 0 Å². The molecule has 0 aliphatic heterocycles. The first-order chi connectivity index (χ1) is 7.07. The summed E-state index contributed by atoms with van der Waals surface area (Å²) >= 11 is 0. The predicted octanol–water partition coefficient (Wildman–Crippen LogP) is 2.97. The molecule has 0 amide bonds. The quantitative estimate of drug-likeness (QED) is 0.337. The Morgan fingerprint density at radius 1 is 1.27 bits per heavy atom. The summed E-state index contributed by atoms with van der Waals surface area (Å²) in [6, 6.07) is -0.593. The van der Waals surface area contributed by atoms with E-state index in [-0.39, 0.29) is 10.7 Å². The molecule has 0 spiro atoms. The zero-order chi connectivity index (χ0) is 11.7. The summed E-state index contributed by atoms with van der Waals surface area (Å²) in [6.45, 7) is 3.67. The molecule has 0 aromatic rings. The minimum absolute atomic E-state index is 0.166. The molecule has 0 N–H and O–H groups in total. The third kappa shape index (κ3) is 8.09. The van der Waals surface area contributed by atoms with E-state index in [1.807, 2.05) is 0 Å². The van der Waals surface area contributed by atoms with Crippen LogP contribution in [-0.4, -0.2) is 16.7 Å². The normalized spacial score (nSPS) is 12.4. The van der Waals surface area contributed by atoms with Gasteiger partial charge in [0.1, 0.15) is 5.78 Å². The highest BCUT2D eigenvalue weighted by Crippen LogP contribution is 2.07. The lowest BCUT2D eigenvalue weighted by atomic mass is 10.0. The molecular formula is C11H21NO3. The van der Waals surface area contributed by atoms with Crippen molar-refractivity contribution in [1.82, 2.24) is 0 Å². The second kappa shape index (κ2) is 8.38. The number of nitrogens with zero attached hydrogens (tertiary/aromatic N) is 1. The summed E-state index contributed by atoms with van der Waals surface area (Å²) in [4.78, 5) is 21.3. The third-order valence-corrected chi connectivity index (χ3v) is 2.51. The molecule has 15 heavy (non-hydrogen) atoms. The third-order valence-electron chi connectivity index (χ3n) is 2.51. The lowest BCUT2D eigenvalue weighted by Crippen LogP contribution is -2.16. The van der Waals surface area contributed by atoms with Crippen LogP contribution < -0.4 is 0 Å². The van der Waals surface area contributed by atoms with Gasteiger partial charge in [-0.1, -0.05) is 26.2 Å². The van der Waals surface area contributed by atoms with E-state index in [0.29, 0.717) is 19.3 Å². The highest BCUT2D eigenvalue weighted by molar-refractivity contribution is 5.78. The average molecular weight is 215 g/mol. The highest BCUT2D eigenvalue weighted by atomic mass is 16.6. The van der Waals surface area contributed by atoms with Gasteiger partial charge in [-0.2, -0.15) is 0 Å². The summed E-state index contributed by atoms with van der Waals surface area (Å²) in [6.07, 6.45) is 5.66. The van der Waals surface area contributed by atoms with E-state index in [1.54, 1.807) is 6.92 Å². The number of unbranched alkanes of at least 4 members (excludes halogenated alkanes) is 3. The van der Waals surface area contributed by atoms with Crippen LogP contribution in [0.3, 0.4) is 0 Å². The number of hydrogen-bond acceptors (Lipinski definition) is 3. The van der Waals surface area contributed by atoms with Gasteiger partial charge < -0.3 is 0 Å². The lowest BCUT2D eigenvalue weighted by Gasteiger charge is -2.03. The van der Waals surface area contributed by atoms with Crippen LogP contribution in [0.25, 0.3) is 0 Å². The second-order valence-electron chi connectivity index (χ2n) is 4.02. The van der Waals surface area contributed by atoms with Gasteiger partial charge in [-0.05, 0) is 6.42 Å². The summed E-state index contributed by atoms with van der Waals surface area (Å²) in [5.74, 6) is 0.166. The van der Waals surface area contributed by atoms with Crippen LogP contribution in [0.2, 0.25) is 0 Å². The first-order valence-corrected chi connectivity index (χ1v) is 5.73. The fraction of sp³-hybridized carbons (Fsp3) is 0.909. The van der Waals surface area contributed by atoms with E-state index < -0.39 is 6.04 Å². The van der Waals surface area contributed by atoms with Crippen molar-refractivity contribution in [2.75, 3.05) is 0 Å². The van der Waals surface area contributed by atoms with Crippen LogP contribution in [0.5, 0.6) is 0 Å². The van der Waals surface area contributed by atoms with Crippen molar-refractivity contribution in [2.45, 2.75) is 64.8 Å². The molecule has 0 aliphatic carbocycles. The Hall–Kier alpha value is -0.930. The monoisotopic (exact) mass is 215 g/mol. The lowest BCUT2D eigenvalue weighted by molar-refractivity contribution is -0.518. The van der Waals surface area contributed by atoms with Crippen molar-refractivity contribution in [3.63, 3.8) is 0 Å². The SMILES string of the molecule is CCCCCCC(=O)CCC(C)[N+](=O)[O-]. The molecule has 1 unspecified atom stereocenters. The fourth-order valence-corrected chi connectivity index (χ4v) is 1.35. The molecular weight excluding hydrogens is 194 g/mol. The largest absolute Gasteiger partial charge is 0.300 e. The molecule has 4 heteroatoms. The van der Waals surface area contributed by atoms with Crippen molar-refractivity contribution in [2.24, 2.45) is 0 Å². The number of hydrogen-bond donors (Lipinski definition) is 0. The predicted molar refractivity (Wildman–Crippen MR) is 59.5 cm³/mol. The smallest absolute Gasteiger partial charge is 0.210 e. The molecule has 0 aromatic heterocycles. The molecule has 0 aromatic carbocycles. The molecule has 0 saturated carbocycles. The van der Waals surface area contributed by atoms with Crippen molar-refractivity contribution >= 4 is 5.78 Å². The van der Waals surface area contributed by atoms with Crippen LogP contribution in [0.1, 0.15) is 58.8 Å². The molecule has 0 radical (unpaired) electrons. The maximum atomic E-state index is 11.3. The molecule has 0 aliphatic rings. The first kappa shape index (κ1) is 14.1. The van der Waals surface area contributed by atoms with E-state index in [9.17, 15) is 14.9 Å². The Balaban J connectivity index is 3.45. The van der Waals surface area contributed by atoms with E-state index in [2.05, 4.69) is 6.92 Å². The minimum atomic E-state index is -0.593. The summed E-state index contributed by atoms with van der Waals surface area (Å²) in [5.41, 5.74) is 0. The van der Waals surface area contributed by atoms with Crippen LogP contribution in [0.4, 0.5) is 0 Å². The topological polar surface area (TPSA) is 60.2 Å². The maximum Gasteiger partial charge on any atom is 0.210 e. The molecule has 1 atom stereocenters. The Morgan fingerprint density at radius 3 is 2.47 bits per heavy atom. The van der Waals surface area contributed by atoms with Gasteiger partial charge in [0.25, 0.3) is 0 Å². The Morgan fingerprint density at radius 2 is 1.93 bits per heavy atom. The zero-order valence-corrected chi connectivity index (χ0v) is 9.70. The minimum Gasteiger partial charge on any atom is -0.300 e. The summed E-state index contributed by atoms with van der Waals surface area (Å²) in [7, 11) is 0. The Kier molecular flexibility index (Phi) is 7.86. The van der Waals surface area contributed by atoms with E-state index in [0.717, 1.165) is 19.3 Å². The maximum absolute atomic E-state index is 11.3. The van der Waals surface area contributed by atoms with Crippen LogP contribution >= 0.6 is 0 Å². The van der Waals surface area contributed by atoms with Gasteiger partial charge in [0.2, 0.25) is 6.04 Å². The number of rotatable bonds is 9. The zero-order valence-electron chi connectivity index (χ0n) is 9.70. The van der Waals surface area contributed by atoms with Gasteiger partial charge in [0.15, 0.2) is 0 Å². The Bertz CT molecular complexity index is 204. The van der Waals surface area contributed by atoms with E-state index in [4.69, 9.17) is 0 Å². The van der Waals surface area contributed by atoms with Crippen molar-refractivity contribution < 1.29 is 9.72 Å². The first-order valence-electron chi connectivity index (χ1n) is 5.73. The van der Waals surface area contributed by atoms with Gasteiger partial charge in [0.05, 0.1) is 0 Å². The number of nitro groups is 1. The molecule has 0 rings (SSSR count). The highest BCUT2D eigenvalue weighted by Gasteiger charge is 2.14. The van der Waals surface area contributed by atoms with E-state index in [1.165, 1.54) is 6.42 Å². The van der Waals surface area contributed by atoms with Crippen molar-refractivity contribution in [3.05, 3.63) is 10.1 Å². The standard InChI is InChI=1S/C11H21NO3/c1-3-4-5-6-7-11(13)9-8-10(2)12(14)15/h10H,3-9H2,1-2H3. The average Bonchev–Trinajstić information content (AvgIpc) is 2.20. The van der Waals surface area contributed by atoms with Crippen LogP contribution in [0.15, 0.2) is 0 Å². The number of carbonyl (C=O) groups excluding carboxylic acids is 1. The molecule has 88 valence electrons. The Labute approximate surface area is 91.2 Å². The second-order valence-corrected chi connectivity index (χ2v) is 4.02.